The molecule has 0 saturated heterocycles. The van der Waals surface area contributed by atoms with E-state index >= 15 is 0 Å². The number of aromatic nitrogens is 2. The van der Waals surface area contributed by atoms with Crippen LogP contribution in [0.25, 0.3) is 109 Å². The van der Waals surface area contributed by atoms with E-state index in [1.54, 1.807) is 0 Å². The Morgan fingerprint density at radius 3 is 1.46 bits per heavy atom. The van der Waals surface area contributed by atoms with E-state index < -0.39 is 0 Å². The first-order chi connectivity index (χ1) is 28.2. The van der Waals surface area contributed by atoms with Gasteiger partial charge in [-0.1, -0.05) is 152 Å². The molecule has 57 heavy (non-hydrogen) atoms. The third-order valence-corrected chi connectivity index (χ3v) is 12.2. The van der Waals surface area contributed by atoms with Crippen LogP contribution in [0.1, 0.15) is 0 Å². The molecule has 266 valence electrons. The molecule has 0 spiro atoms. The molecule has 0 atom stereocenters. The fourth-order valence-electron chi connectivity index (χ4n) is 8.04. The van der Waals surface area contributed by atoms with Crippen LogP contribution in [0.2, 0.25) is 0 Å². The second kappa shape index (κ2) is 13.8. The number of thiophene rings is 1. The van der Waals surface area contributed by atoms with Gasteiger partial charge in [0.25, 0.3) is 0 Å². The molecule has 3 heteroatoms. The standard InChI is InChI=1S/C54H34N2S/c1-2-12-39(13-3-1)54-55-50(38-22-18-37(19-23-38)42-24-20-35-10-4-6-14-40(35)28-42)34-51(56-54)47-31-45(43-25-21-36-11-5-7-15-41(36)29-43)30-46(32-47)44-26-27-53-49(33-44)48-16-8-9-17-52(48)57-53/h1-34H. The van der Waals surface area contributed by atoms with Crippen molar-refractivity contribution in [2.45, 2.75) is 0 Å². The van der Waals surface area contributed by atoms with E-state index in [4.69, 9.17) is 9.97 Å². The van der Waals surface area contributed by atoms with Crippen molar-refractivity contribution in [1.29, 1.82) is 0 Å². The van der Waals surface area contributed by atoms with Crippen LogP contribution in [0.15, 0.2) is 206 Å². The zero-order valence-corrected chi connectivity index (χ0v) is 31.7. The Hall–Kier alpha value is -7.20. The molecule has 0 fully saturated rings. The molecule has 0 aliphatic heterocycles. The molecule has 0 N–H and O–H groups in total. The quantitative estimate of drug-likeness (QED) is 0.170. The SMILES string of the molecule is c1ccc(-c2nc(-c3ccc(-c4ccc5ccccc5c4)cc3)cc(-c3cc(-c4ccc5ccccc5c4)cc(-c4ccc5sc6ccccc6c5c4)c3)n2)cc1. The van der Waals surface area contributed by atoms with E-state index in [0.717, 1.165) is 39.2 Å². The number of rotatable bonds is 6. The zero-order chi connectivity index (χ0) is 37.7. The Labute approximate surface area is 335 Å². The van der Waals surface area contributed by atoms with Gasteiger partial charge in [-0.05, 0) is 110 Å². The Kier molecular flexibility index (Phi) is 8.04. The van der Waals surface area contributed by atoms with E-state index in [0.29, 0.717) is 5.82 Å². The van der Waals surface area contributed by atoms with Crippen LogP contribution in [0.3, 0.4) is 0 Å². The number of benzene rings is 9. The molecule has 0 unspecified atom stereocenters. The first-order valence-corrected chi connectivity index (χ1v) is 20.1. The van der Waals surface area contributed by atoms with E-state index in [2.05, 4.69) is 188 Å². The number of fused-ring (bicyclic) bond motifs is 5. The number of hydrogen-bond acceptors (Lipinski definition) is 3. The van der Waals surface area contributed by atoms with Gasteiger partial charge in [-0.3, -0.25) is 0 Å². The predicted octanol–water partition coefficient (Wildman–Crippen LogP) is 15.2. The lowest BCUT2D eigenvalue weighted by Crippen LogP contribution is -1.96. The molecule has 0 amide bonds. The summed E-state index contributed by atoms with van der Waals surface area (Å²) in [4.78, 5) is 10.5. The molecule has 9 aromatic carbocycles. The van der Waals surface area contributed by atoms with Crippen LogP contribution in [0.5, 0.6) is 0 Å². The van der Waals surface area contributed by atoms with Crippen molar-refractivity contribution in [2.75, 3.05) is 0 Å². The highest BCUT2D eigenvalue weighted by Crippen LogP contribution is 2.40. The van der Waals surface area contributed by atoms with Gasteiger partial charge in [-0.2, -0.15) is 0 Å². The van der Waals surface area contributed by atoms with Crippen molar-refractivity contribution in [2.24, 2.45) is 0 Å². The third kappa shape index (κ3) is 6.25. The minimum absolute atomic E-state index is 0.700. The maximum Gasteiger partial charge on any atom is 0.160 e. The van der Waals surface area contributed by atoms with Crippen LogP contribution in [0.4, 0.5) is 0 Å². The van der Waals surface area contributed by atoms with Crippen molar-refractivity contribution >= 4 is 53.1 Å². The number of hydrogen-bond donors (Lipinski definition) is 0. The van der Waals surface area contributed by atoms with Gasteiger partial charge >= 0.3 is 0 Å². The van der Waals surface area contributed by atoms with Gasteiger partial charge in [-0.15, -0.1) is 11.3 Å². The summed E-state index contributed by atoms with van der Waals surface area (Å²) in [6.07, 6.45) is 0. The van der Waals surface area contributed by atoms with Crippen molar-refractivity contribution in [3.8, 4) is 67.3 Å². The first-order valence-electron chi connectivity index (χ1n) is 19.3. The highest BCUT2D eigenvalue weighted by Gasteiger charge is 2.15. The summed E-state index contributed by atoms with van der Waals surface area (Å²) in [6.45, 7) is 0. The largest absolute Gasteiger partial charge is 0.228 e. The molecule has 0 bridgehead atoms. The van der Waals surface area contributed by atoms with Gasteiger partial charge in [0.05, 0.1) is 11.4 Å². The molecule has 2 aromatic heterocycles. The summed E-state index contributed by atoms with van der Waals surface area (Å²) in [6, 6.07) is 74.2. The monoisotopic (exact) mass is 742 g/mol. The second-order valence-corrected chi connectivity index (χ2v) is 15.7. The molecular formula is C54H34N2S. The van der Waals surface area contributed by atoms with Crippen LogP contribution >= 0.6 is 11.3 Å². The number of nitrogens with zero attached hydrogens (tertiary/aromatic N) is 2. The summed E-state index contributed by atoms with van der Waals surface area (Å²) < 4.78 is 2.60. The Morgan fingerprint density at radius 2 is 0.754 bits per heavy atom. The second-order valence-electron chi connectivity index (χ2n) is 14.6. The molecule has 0 aliphatic carbocycles. The average molecular weight is 743 g/mol. The Balaban J connectivity index is 1.08. The van der Waals surface area contributed by atoms with Crippen molar-refractivity contribution in [3.05, 3.63) is 206 Å². The van der Waals surface area contributed by atoms with E-state index in [9.17, 15) is 0 Å². The molecule has 0 aliphatic rings. The van der Waals surface area contributed by atoms with Crippen molar-refractivity contribution in [1.82, 2.24) is 9.97 Å². The minimum atomic E-state index is 0.700. The fourth-order valence-corrected chi connectivity index (χ4v) is 9.13. The molecule has 2 heterocycles. The van der Waals surface area contributed by atoms with Gasteiger partial charge in [-0.25, -0.2) is 9.97 Å². The van der Waals surface area contributed by atoms with Crippen LogP contribution in [-0.2, 0) is 0 Å². The normalized spacial score (nSPS) is 11.5. The molecule has 0 saturated carbocycles. The Bertz CT molecular complexity index is 3290. The van der Waals surface area contributed by atoms with Crippen molar-refractivity contribution in [3.63, 3.8) is 0 Å². The molecule has 0 radical (unpaired) electrons. The lowest BCUT2D eigenvalue weighted by Gasteiger charge is -2.14. The third-order valence-electron chi connectivity index (χ3n) is 11.0. The summed E-state index contributed by atoms with van der Waals surface area (Å²) in [7, 11) is 0. The average Bonchev–Trinajstić information content (AvgIpc) is 3.67. The fraction of sp³-hybridized carbons (Fsp3) is 0. The summed E-state index contributed by atoms with van der Waals surface area (Å²) in [5, 5.41) is 7.51. The van der Waals surface area contributed by atoms with Gasteiger partial charge < -0.3 is 0 Å². The van der Waals surface area contributed by atoms with Gasteiger partial charge in [0.1, 0.15) is 0 Å². The highest BCUT2D eigenvalue weighted by molar-refractivity contribution is 7.25. The highest BCUT2D eigenvalue weighted by atomic mass is 32.1. The van der Waals surface area contributed by atoms with Gasteiger partial charge in [0.2, 0.25) is 0 Å². The smallest absolute Gasteiger partial charge is 0.160 e. The van der Waals surface area contributed by atoms with Crippen molar-refractivity contribution < 1.29 is 0 Å². The molecule has 11 rings (SSSR count). The molecular weight excluding hydrogens is 709 g/mol. The summed E-state index contributed by atoms with van der Waals surface area (Å²) in [5.74, 6) is 0.700. The van der Waals surface area contributed by atoms with E-state index in [1.165, 1.54) is 64.0 Å². The molecule has 2 nitrogen and oxygen atoms in total. The van der Waals surface area contributed by atoms with E-state index in [-0.39, 0.29) is 0 Å². The van der Waals surface area contributed by atoms with Crippen LogP contribution in [-0.4, -0.2) is 9.97 Å². The van der Waals surface area contributed by atoms with Gasteiger partial charge in [0.15, 0.2) is 5.82 Å². The van der Waals surface area contributed by atoms with Gasteiger partial charge in [0, 0.05) is 36.9 Å². The maximum absolute atomic E-state index is 5.29. The maximum atomic E-state index is 5.29. The Morgan fingerprint density at radius 1 is 0.263 bits per heavy atom. The lowest BCUT2D eigenvalue weighted by atomic mass is 9.93. The predicted molar refractivity (Wildman–Crippen MR) is 243 cm³/mol. The van der Waals surface area contributed by atoms with E-state index in [1.807, 2.05) is 29.5 Å². The molecule has 11 aromatic rings. The lowest BCUT2D eigenvalue weighted by molar-refractivity contribution is 1.18. The van der Waals surface area contributed by atoms with Crippen LogP contribution < -0.4 is 0 Å². The first kappa shape index (κ1) is 33.2. The zero-order valence-electron chi connectivity index (χ0n) is 30.9. The topological polar surface area (TPSA) is 25.8 Å². The minimum Gasteiger partial charge on any atom is -0.228 e. The van der Waals surface area contributed by atoms with Crippen LogP contribution in [0, 0.1) is 0 Å². The summed E-state index contributed by atoms with van der Waals surface area (Å²) in [5.41, 5.74) is 11.8. The summed E-state index contributed by atoms with van der Waals surface area (Å²) >= 11 is 1.85.